The molecule has 0 aliphatic carbocycles. The highest BCUT2D eigenvalue weighted by Gasteiger charge is 2.31. The average Bonchev–Trinajstić information content (AvgIpc) is 2.94. The van der Waals surface area contributed by atoms with Gasteiger partial charge in [-0.2, -0.15) is 0 Å². The summed E-state index contributed by atoms with van der Waals surface area (Å²) in [6.07, 6.45) is -1.48. The number of ether oxygens (including phenoxy) is 1. The lowest BCUT2D eigenvalue weighted by molar-refractivity contribution is -0.138. The predicted molar refractivity (Wildman–Crippen MR) is 136 cm³/mol. The van der Waals surface area contributed by atoms with Gasteiger partial charge in [0.25, 0.3) is 5.91 Å². The monoisotopic (exact) mass is 527 g/mol. The van der Waals surface area contributed by atoms with Gasteiger partial charge in [-0.05, 0) is 25.8 Å². The largest absolute Gasteiger partial charge is 0.481 e. The number of carboxylic acid groups (broad SMARTS) is 1. The molecular formula is C26H33N5O7. The van der Waals surface area contributed by atoms with Crippen molar-refractivity contribution < 1.29 is 34.1 Å². The van der Waals surface area contributed by atoms with Crippen molar-refractivity contribution in [3.05, 3.63) is 47.8 Å². The summed E-state index contributed by atoms with van der Waals surface area (Å²) in [7, 11) is 0. The van der Waals surface area contributed by atoms with Crippen LogP contribution in [-0.4, -0.2) is 92.7 Å². The maximum atomic E-state index is 13.3. The number of hydrogen-bond acceptors (Lipinski definition) is 8. The van der Waals surface area contributed by atoms with Gasteiger partial charge in [-0.25, -0.2) is 14.8 Å². The molecule has 1 fully saturated rings. The Morgan fingerprint density at radius 2 is 1.68 bits per heavy atom. The minimum Gasteiger partial charge on any atom is -0.481 e. The molecule has 1 aromatic heterocycles. The second kappa shape index (κ2) is 13.5. The van der Waals surface area contributed by atoms with Gasteiger partial charge in [0.05, 0.1) is 18.4 Å². The van der Waals surface area contributed by atoms with E-state index in [-0.39, 0.29) is 62.8 Å². The summed E-state index contributed by atoms with van der Waals surface area (Å²) < 4.78 is 5.00. The molecule has 0 saturated carbocycles. The molecule has 0 spiro atoms. The molecule has 0 radical (unpaired) electrons. The zero-order valence-corrected chi connectivity index (χ0v) is 21.5. The van der Waals surface area contributed by atoms with Gasteiger partial charge in [0.1, 0.15) is 11.7 Å². The van der Waals surface area contributed by atoms with Gasteiger partial charge in [0.15, 0.2) is 5.82 Å². The maximum absolute atomic E-state index is 13.3. The number of aliphatic carboxylic acids is 1. The molecule has 12 nitrogen and oxygen atoms in total. The Hall–Kier alpha value is -4.06. The minimum absolute atomic E-state index is 0.0541. The molecule has 1 aliphatic rings. The number of aromatic nitrogens is 2. The van der Waals surface area contributed by atoms with Gasteiger partial charge in [-0.3, -0.25) is 14.4 Å². The van der Waals surface area contributed by atoms with Gasteiger partial charge < -0.3 is 30.1 Å². The van der Waals surface area contributed by atoms with Crippen molar-refractivity contribution in [1.82, 2.24) is 25.1 Å². The average molecular weight is 528 g/mol. The number of benzene rings is 1. The fourth-order valence-electron chi connectivity index (χ4n) is 3.98. The van der Waals surface area contributed by atoms with Crippen molar-refractivity contribution >= 4 is 23.9 Å². The van der Waals surface area contributed by atoms with E-state index in [4.69, 9.17) is 4.74 Å². The highest BCUT2D eigenvalue weighted by Crippen LogP contribution is 2.21. The molecule has 1 unspecified atom stereocenters. The highest BCUT2D eigenvalue weighted by atomic mass is 16.6. The van der Waals surface area contributed by atoms with Crippen LogP contribution in [0.3, 0.4) is 0 Å². The van der Waals surface area contributed by atoms with Crippen LogP contribution in [0, 0.1) is 0 Å². The summed E-state index contributed by atoms with van der Waals surface area (Å²) in [5.41, 5.74) is 0.848. The number of rotatable bonds is 10. The summed E-state index contributed by atoms with van der Waals surface area (Å²) in [4.78, 5) is 61.5. The summed E-state index contributed by atoms with van der Waals surface area (Å²) >= 11 is 0. The van der Waals surface area contributed by atoms with Crippen LogP contribution in [0.4, 0.5) is 4.79 Å². The molecule has 12 heteroatoms. The van der Waals surface area contributed by atoms with Crippen LogP contribution in [-0.2, 0) is 14.3 Å². The van der Waals surface area contributed by atoms with Crippen LogP contribution in [0.25, 0.3) is 11.4 Å². The number of nitrogens with zero attached hydrogens (tertiary/aromatic N) is 4. The lowest BCUT2D eigenvalue weighted by Gasteiger charge is -2.35. The summed E-state index contributed by atoms with van der Waals surface area (Å²) in [6, 6.07) is 9.21. The number of hydrogen-bond donors (Lipinski definition) is 3. The second-order valence-corrected chi connectivity index (χ2v) is 8.76. The predicted octanol–water partition coefficient (Wildman–Crippen LogP) is 1.85. The zero-order chi connectivity index (χ0) is 27.7. The lowest BCUT2D eigenvalue weighted by Crippen LogP contribution is -2.56. The van der Waals surface area contributed by atoms with Crippen molar-refractivity contribution in [3.63, 3.8) is 0 Å². The first-order chi connectivity index (χ1) is 18.2. The van der Waals surface area contributed by atoms with Gasteiger partial charge in [-0.1, -0.05) is 37.3 Å². The van der Waals surface area contributed by atoms with Gasteiger partial charge in [0.2, 0.25) is 5.91 Å². The van der Waals surface area contributed by atoms with E-state index in [1.54, 1.807) is 38.1 Å². The van der Waals surface area contributed by atoms with Crippen LogP contribution in [0.5, 0.6) is 0 Å². The third-order valence-electron chi connectivity index (χ3n) is 6.11. The Labute approximate surface area is 220 Å². The lowest BCUT2D eigenvalue weighted by atomic mass is 10.1. The highest BCUT2D eigenvalue weighted by molar-refractivity contribution is 5.96. The first-order valence-electron chi connectivity index (χ1n) is 12.6. The van der Waals surface area contributed by atoms with Crippen LogP contribution in [0.2, 0.25) is 0 Å². The standard InChI is InChI=1S/C26H33N5O7/c1-3-21(32)19-16-20(28-23(27-19)17-8-6-5-7-9-17)24(35)29-18(10-11-22(33)34)25(36)30-12-14-31(15-13-30)26(37)38-4-2/h5-9,16,18,21,32H,3-4,10-15H2,1-2H3,(H,29,35)(H,33,34)/t18-,21?/m0/s1. The van der Waals surface area contributed by atoms with E-state index < -0.39 is 36.0 Å². The Morgan fingerprint density at radius 3 is 2.29 bits per heavy atom. The number of nitrogens with one attached hydrogen (secondary N) is 1. The van der Waals surface area contributed by atoms with Crippen molar-refractivity contribution in [2.75, 3.05) is 32.8 Å². The number of carbonyl (C=O) groups excluding carboxylic acids is 3. The molecule has 3 amide bonds. The smallest absolute Gasteiger partial charge is 0.409 e. The fraction of sp³-hybridized carbons (Fsp3) is 0.462. The molecule has 38 heavy (non-hydrogen) atoms. The molecule has 2 aromatic rings. The van der Waals surface area contributed by atoms with E-state index in [2.05, 4.69) is 15.3 Å². The van der Waals surface area contributed by atoms with E-state index >= 15 is 0 Å². The van der Waals surface area contributed by atoms with Crippen molar-refractivity contribution in [3.8, 4) is 11.4 Å². The number of carboxylic acids is 1. The normalized spacial score (nSPS) is 14.9. The van der Waals surface area contributed by atoms with Gasteiger partial charge in [0, 0.05) is 38.2 Å². The number of carbonyl (C=O) groups is 4. The molecule has 204 valence electrons. The molecule has 1 aliphatic heterocycles. The number of amides is 3. The summed E-state index contributed by atoms with van der Waals surface area (Å²) in [6.45, 7) is 4.68. The molecule has 2 atom stereocenters. The first kappa shape index (κ1) is 28.5. The quantitative estimate of drug-likeness (QED) is 0.418. The third kappa shape index (κ3) is 7.48. The van der Waals surface area contributed by atoms with Crippen molar-refractivity contribution in [1.29, 1.82) is 0 Å². The van der Waals surface area contributed by atoms with Gasteiger partial charge in [-0.15, -0.1) is 0 Å². The zero-order valence-electron chi connectivity index (χ0n) is 21.5. The van der Waals surface area contributed by atoms with Crippen molar-refractivity contribution in [2.45, 2.75) is 45.3 Å². The molecule has 2 heterocycles. The Bertz CT molecular complexity index is 1140. The summed E-state index contributed by atoms with van der Waals surface area (Å²) in [5.74, 6) is -2.01. The molecular weight excluding hydrogens is 494 g/mol. The maximum Gasteiger partial charge on any atom is 0.409 e. The first-order valence-corrected chi connectivity index (χ1v) is 12.6. The van der Waals surface area contributed by atoms with Gasteiger partial charge >= 0.3 is 12.1 Å². The number of aliphatic hydroxyl groups is 1. The topological polar surface area (TPSA) is 162 Å². The number of aliphatic hydroxyl groups excluding tert-OH is 1. The van der Waals surface area contributed by atoms with Crippen LogP contribution < -0.4 is 5.32 Å². The molecule has 1 saturated heterocycles. The van der Waals surface area contributed by atoms with Crippen LogP contribution in [0.1, 0.15) is 55.4 Å². The van der Waals surface area contributed by atoms with E-state index in [9.17, 15) is 29.4 Å². The SMILES string of the molecule is CCOC(=O)N1CCN(C(=O)[C@H](CCC(=O)O)NC(=O)c2cc(C(O)CC)nc(-c3ccccc3)n2)CC1. The molecule has 3 N–H and O–H groups in total. The van der Waals surface area contributed by atoms with E-state index in [0.717, 1.165) is 0 Å². The minimum atomic E-state index is -1.12. The molecule has 3 rings (SSSR count). The van der Waals surface area contributed by atoms with E-state index in [0.29, 0.717) is 12.0 Å². The van der Waals surface area contributed by atoms with E-state index in [1.807, 2.05) is 6.07 Å². The van der Waals surface area contributed by atoms with Crippen molar-refractivity contribution in [2.24, 2.45) is 0 Å². The molecule has 0 bridgehead atoms. The Kier molecular flexibility index (Phi) is 10.1. The third-order valence-corrected chi connectivity index (χ3v) is 6.11. The Morgan fingerprint density at radius 1 is 1.03 bits per heavy atom. The Balaban J connectivity index is 1.81. The fourth-order valence-corrected chi connectivity index (χ4v) is 3.98. The summed E-state index contributed by atoms with van der Waals surface area (Å²) in [5, 5.41) is 22.2. The van der Waals surface area contributed by atoms with E-state index in [1.165, 1.54) is 15.9 Å². The second-order valence-electron chi connectivity index (χ2n) is 8.76. The number of piperazine rings is 1. The molecule has 1 aromatic carbocycles. The van der Waals surface area contributed by atoms with Crippen LogP contribution >= 0.6 is 0 Å². The van der Waals surface area contributed by atoms with Crippen LogP contribution in [0.15, 0.2) is 36.4 Å².